The predicted octanol–water partition coefficient (Wildman–Crippen LogP) is 3.50. The summed E-state index contributed by atoms with van der Waals surface area (Å²) in [5.74, 6) is -0.443. The molecule has 35 heavy (non-hydrogen) atoms. The maximum absolute atomic E-state index is 14.0. The minimum Gasteiger partial charge on any atom is -0.487 e. The van der Waals surface area contributed by atoms with Crippen molar-refractivity contribution >= 4 is 11.7 Å². The molecule has 1 fully saturated rings. The van der Waals surface area contributed by atoms with Crippen LogP contribution in [0.3, 0.4) is 0 Å². The van der Waals surface area contributed by atoms with Crippen LogP contribution < -0.4 is 9.64 Å². The third kappa shape index (κ3) is 4.69. The van der Waals surface area contributed by atoms with Crippen LogP contribution in [0.25, 0.3) is 11.3 Å². The highest BCUT2D eigenvalue weighted by molar-refractivity contribution is 5.75. The molecular formula is C25H28F2N6O2. The molecule has 5 rings (SSSR count). The van der Waals surface area contributed by atoms with Crippen LogP contribution in [0.15, 0.2) is 30.6 Å². The van der Waals surface area contributed by atoms with Gasteiger partial charge in [0.15, 0.2) is 17.4 Å². The molecule has 0 saturated carbocycles. The summed E-state index contributed by atoms with van der Waals surface area (Å²) < 4.78 is 34.8. The molecule has 2 aliphatic rings. The van der Waals surface area contributed by atoms with E-state index in [1.165, 1.54) is 12.1 Å². The minimum atomic E-state index is -0.694. The molecule has 3 aromatic rings. The highest BCUT2D eigenvalue weighted by atomic mass is 19.1. The van der Waals surface area contributed by atoms with E-state index < -0.39 is 11.6 Å². The van der Waals surface area contributed by atoms with E-state index in [4.69, 9.17) is 14.7 Å². The molecule has 1 saturated heterocycles. The zero-order chi connectivity index (χ0) is 24.7. The summed E-state index contributed by atoms with van der Waals surface area (Å²) in [6, 6.07) is 3.42. The second-order valence-corrected chi connectivity index (χ2v) is 9.27. The van der Waals surface area contributed by atoms with Crippen molar-refractivity contribution in [2.75, 3.05) is 18.0 Å². The van der Waals surface area contributed by atoms with Crippen molar-refractivity contribution in [3.63, 3.8) is 0 Å². The molecule has 0 bridgehead atoms. The Hall–Kier alpha value is -3.56. The van der Waals surface area contributed by atoms with Crippen molar-refractivity contribution in [1.29, 1.82) is 0 Å². The van der Waals surface area contributed by atoms with Gasteiger partial charge in [0.2, 0.25) is 5.91 Å². The number of carbonyl (C=O) groups is 1. The van der Waals surface area contributed by atoms with E-state index in [0.29, 0.717) is 38.9 Å². The number of anilines is 1. The molecule has 1 atom stereocenters. The maximum atomic E-state index is 14.0. The number of piperidine rings is 1. The summed E-state index contributed by atoms with van der Waals surface area (Å²) in [4.78, 5) is 26.1. The lowest BCUT2D eigenvalue weighted by molar-refractivity contribution is -0.132. The van der Waals surface area contributed by atoms with Crippen LogP contribution in [0.5, 0.6) is 5.75 Å². The van der Waals surface area contributed by atoms with Gasteiger partial charge < -0.3 is 14.5 Å². The number of hydrogen-bond donors (Lipinski definition) is 0. The number of halogens is 2. The number of aryl methyl sites for hydroxylation is 1. The van der Waals surface area contributed by atoms with Crippen molar-refractivity contribution in [1.82, 2.24) is 24.6 Å². The van der Waals surface area contributed by atoms with E-state index in [0.717, 1.165) is 34.5 Å². The molecule has 0 N–H and O–H groups in total. The second kappa shape index (κ2) is 9.24. The van der Waals surface area contributed by atoms with Gasteiger partial charge in [-0.3, -0.25) is 9.48 Å². The van der Waals surface area contributed by atoms with Crippen LogP contribution in [0.2, 0.25) is 0 Å². The number of rotatable bonds is 4. The van der Waals surface area contributed by atoms with Crippen molar-refractivity contribution in [2.24, 2.45) is 7.05 Å². The van der Waals surface area contributed by atoms with Crippen molar-refractivity contribution in [3.05, 3.63) is 53.6 Å². The Bertz CT molecular complexity index is 1250. The van der Waals surface area contributed by atoms with Gasteiger partial charge in [-0.15, -0.1) is 0 Å². The fraction of sp³-hybridized carbons (Fsp3) is 0.440. The molecule has 1 amide bonds. The lowest BCUT2D eigenvalue weighted by atomic mass is 10.0. The van der Waals surface area contributed by atoms with E-state index in [-0.39, 0.29) is 23.8 Å². The Balaban J connectivity index is 1.40. The van der Waals surface area contributed by atoms with E-state index in [9.17, 15) is 13.6 Å². The fourth-order valence-electron chi connectivity index (χ4n) is 4.81. The number of nitrogens with zero attached hydrogens (tertiary/aromatic N) is 6. The lowest BCUT2D eigenvalue weighted by Crippen LogP contribution is -2.43. The van der Waals surface area contributed by atoms with Crippen molar-refractivity contribution in [2.45, 2.75) is 51.8 Å². The molecule has 0 unspecified atom stereocenters. The standard InChI is InChI=1S/C25H28F2N6O2/c1-15-10-21-22(14-33(15)16(2)34)29-24(17-12-28-31(3)13-17)25(30-21)32-8-6-19(7-9-32)35-23-5-4-18(26)11-20(23)27/h4-5,11-13,15,19H,6-10,14H2,1-3H3/t15-/m1/s1. The van der Waals surface area contributed by atoms with E-state index in [2.05, 4.69) is 10.00 Å². The first-order chi connectivity index (χ1) is 16.8. The Morgan fingerprint density at radius 1 is 1.14 bits per heavy atom. The molecule has 0 spiro atoms. The van der Waals surface area contributed by atoms with Crippen LogP contribution in [-0.2, 0) is 24.8 Å². The van der Waals surface area contributed by atoms with E-state index >= 15 is 0 Å². The van der Waals surface area contributed by atoms with Crippen molar-refractivity contribution < 1.29 is 18.3 Å². The van der Waals surface area contributed by atoms with Crippen molar-refractivity contribution in [3.8, 4) is 17.0 Å². The molecule has 2 aliphatic heterocycles. The van der Waals surface area contributed by atoms with Crippen LogP contribution in [0.1, 0.15) is 38.1 Å². The number of fused-ring (bicyclic) bond motifs is 1. The predicted molar refractivity (Wildman–Crippen MR) is 126 cm³/mol. The third-order valence-corrected chi connectivity index (χ3v) is 6.69. The molecule has 10 heteroatoms. The van der Waals surface area contributed by atoms with Gasteiger partial charge in [-0.1, -0.05) is 0 Å². The summed E-state index contributed by atoms with van der Waals surface area (Å²) >= 11 is 0. The number of hydrogen-bond acceptors (Lipinski definition) is 6. The minimum absolute atomic E-state index is 0.0246. The summed E-state index contributed by atoms with van der Waals surface area (Å²) in [7, 11) is 1.85. The average molecular weight is 483 g/mol. The Morgan fingerprint density at radius 3 is 2.57 bits per heavy atom. The van der Waals surface area contributed by atoms with Gasteiger partial charge in [0.25, 0.3) is 0 Å². The largest absolute Gasteiger partial charge is 0.487 e. The van der Waals surface area contributed by atoms with Gasteiger partial charge >= 0.3 is 0 Å². The van der Waals surface area contributed by atoms with Gasteiger partial charge in [0.1, 0.15) is 17.6 Å². The molecule has 0 aliphatic carbocycles. The number of carbonyl (C=O) groups excluding carboxylic acids is 1. The first-order valence-electron chi connectivity index (χ1n) is 11.8. The van der Waals surface area contributed by atoms with Crippen LogP contribution in [0.4, 0.5) is 14.6 Å². The lowest BCUT2D eigenvalue weighted by Gasteiger charge is -2.36. The average Bonchev–Trinajstić information content (AvgIpc) is 3.26. The van der Waals surface area contributed by atoms with E-state index in [1.807, 2.05) is 25.1 Å². The van der Waals surface area contributed by atoms with E-state index in [1.54, 1.807) is 17.8 Å². The zero-order valence-corrected chi connectivity index (χ0v) is 20.0. The number of amides is 1. The topological polar surface area (TPSA) is 76.4 Å². The van der Waals surface area contributed by atoms with Gasteiger partial charge in [-0.25, -0.2) is 18.7 Å². The number of benzene rings is 1. The quantitative estimate of drug-likeness (QED) is 0.567. The Kier molecular flexibility index (Phi) is 6.12. The van der Waals surface area contributed by atoms with Crippen LogP contribution >= 0.6 is 0 Å². The molecule has 2 aromatic heterocycles. The SMILES string of the molecule is CC(=O)N1Cc2nc(-c3cnn(C)c3)c(N3CCC(Oc4ccc(F)cc4F)CC3)nc2C[C@H]1C. The van der Waals surface area contributed by atoms with Gasteiger partial charge in [-0.2, -0.15) is 5.10 Å². The summed E-state index contributed by atoms with van der Waals surface area (Å²) in [6.07, 6.45) is 5.46. The van der Waals surface area contributed by atoms with Gasteiger partial charge in [0.05, 0.1) is 24.1 Å². The van der Waals surface area contributed by atoms with Gasteiger partial charge in [0, 0.05) is 70.2 Å². The fourth-order valence-corrected chi connectivity index (χ4v) is 4.81. The third-order valence-electron chi connectivity index (χ3n) is 6.69. The molecule has 8 nitrogen and oxygen atoms in total. The summed E-state index contributed by atoms with van der Waals surface area (Å²) in [5, 5.41) is 4.30. The first kappa shape index (κ1) is 23.2. The molecular weight excluding hydrogens is 454 g/mol. The Labute approximate surface area is 202 Å². The van der Waals surface area contributed by atoms with Gasteiger partial charge in [-0.05, 0) is 19.1 Å². The molecule has 4 heterocycles. The monoisotopic (exact) mass is 482 g/mol. The number of ether oxygens (including phenoxy) is 1. The summed E-state index contributed by atoms with van der Waals surface area (Å²) in [5.41, 5.74) is 3.31. The molecule has 0 radical (unpaired) electrons. The highest BCUT2D eigenvalue weighted by Crippen LogP contribution is 2.33. The molecule has 1 aromatic carbocycles. The Morgan fingerprint density at radius 2 is 1.91 bits per heavy atom. The molecule has 184 valence electrons. The van der Waals surface area contributed by atoms with Crippen LogP contribution in [0, 0.1) is 11.6 Å². The normalized spacial score (nSPS) is 18.5. The zero-order valence-electron chi connectivity index (χ0n) is 20.0. The first-order valence-corrected chi connectivity index (χ1v) is 11.8. The summed E-state index contributed by atoms with van der Waals surface area (Å²) in [6.45, 7) is 5.35. The smallest absolute Gasteiger partial charge is 0.220 e. The van der Waals surface area contributed by atoms with Crippen LogP contribution in [-0.4, -0.2) is 55.8 Å². The second-order valence-electron chi connectivity index (χ2n) is 9.27. The number of aromatic nitrogens is 4. The maximum Gasteiger partial charge on any atom is 0.220 e. The highest BCUT2D eigenvalue weighted by Gasteiger charge is 2.31.